The first-order valence-electron chi connectivity index (χ1n) is 8.92. The molecule has 2 heterocycles. The largest absolute Gasteiger partial charge is 0.354 e. The lowest BCUT2D eigenvalue weighted by molar-refractivity contribution is -0.139. The first-order chi connectivity index (χ1) is 11.6. The molecule has 1 atom stereocenters. The van der Waals surface area contributed by atoms with Gasteiger partial charge in [0.1, 0.15) is 0 Å². The van der Waals surface area contributed by atoms with Crippen molar-refractivity contribution in [3.05, 3.63) is 35.4 Å². The van der Waals surface area contributed by atoms with Gasteiger partial charge in [-0.3, -0.25) is 14.5 Å². The Balaban J connectivity index is 1.75. The van der Waals surface area contributed by atoms with Crippen LogP contribution in [0.3, 0.4) is 0 Å². The van der Waals surface area contributed by atoms with Crippen molar-refractivity contribution in [1.82, 2.24) is 15.1 Å². The number of hydrogen-bond acceptors (Lipinski definition) is 3. The van der Waals surface area contributed by atoms with E-state index >= 15 is 0 Å². The second-order valence-corrected chi connectivity index (χ2v) is 7.10. The number of nitrogens with one attached hydrogen (secondary N) is 1. The summed E-state index contributed by atoms with van der Waals surface area (Å²) >= 11 is 0. The quantitative estimate of drug-likeness (QED) is 0.912. The fourth-order valence-electron chi connectivity index (χ4n) is 3.79. The summed E-state index contributed by atoms with van der Waals surface area (Å²) in [6.45, 7) is 7.66. The lowest BCUT2D eigenvalue weighted by atomic mass is 9.94. The summed E-state index contributed by atoms with van der Waals surface area (Å²) in [6.07, 6.45) is 1.39. The standard InChI is InChI=1S/C19H27N3O2/c1-14(2)18(19(24)21-11-8-17(23)20-9-12-21)22-10-7-15-5-3-4-6-16(15)13-22/h3-6,14,18H,7-13H2,1-2H3,(H,20,23). The second kappa shape index (κ2) is 7.34. The maximum atomic E-state index is 13.2. The predicted molar refractivity (Wildman–Crippen MR) is 93.4 cm³/mol. The maximum absolute atomic E-state index is 13.2. The van der Waals surface area contributed by atoms with Gasteiger partial charge in [0.25, 0.3) is 0 Å². The van der Waals surface area contributed by atoms with Gasteiger partial charge < -0.3 is 10.2 Å². The van der Waals surface area contributed by atoms with Crippen molar-refractivity contribution in [2.75, 3.05) is 26.2 Å². The van der Waals surface area contributed by atoms with E-state index in [1.165, 1.54) is 11.1 Å². The molecule has 130 valence electrons. The molecule has 5 heteroatoms. The topological polar surface area (TPSA) is 52.7 Å². The van der Waals surface area contributed by atoms with Gasteiger partial charge in [0, 0.05) is 39.1 Å². The van der Waals surface area contributed by atoms with Crippen LogP contribution in [0.5, 0.6) is 0 Å². The molecule has 24 heavy (non-hydrogen) atoms. The van der Waals surface area contributed by atoms with E-state index in [9.17, 15) is 9.59 Å². The number of nitrogens with zero attached hydrogens (tertiary/aromatic N) is 2. The molecule has 1 N–H and O–H groups in total. The molecule has 2 aliphatic rings. The zero-order valence-electron chi connectivity index (χ0n) is 14.6. The van der Waals surface area contributed by atoms with Crippen molar-refractivity contribution in [2.45, 2.75) is 39.3 Å². The summed E-state index contributed by atoms with van der Waals surface area (Å²) in [6, 6.07) is 8.39. The third-order valence-electron chi connectivity index (χ3n) is 5.06. The van der Waals surface area contributed by atoms with Gasteiger partial charge in [0.2, 0.25) is 11.8 Å². The normalized spacial score (nSPS) is 20.3. The summed E-state index contributed by atoms with van der Waals surface area (Å²) in [5.41, 5.74) is 2.73. The lowest BCUT2D eigenvalue weighted by Crippen LogP contribution is -2.53. The monoisotopic (exact) mass is 329 g/mol. The fourth-order valence-corrected chi connectivity index (χ4v) is 3.79. The van der Waals surface area contributed by atoms with Crippen molar-refractivity contribution < 1.29 is 9.59 Å². The summed E-state index contributed by atoms with van der Waals surface area (Å²) in [5, 5.41) is 2.84. The van der Waals surface area contributed by atoms with Crippen LogP contribution in [0.25, 0.3) is 0 Å². The molecule has 0 radical (unpaired) electrons. The van der Waals surface area contributed by atoms with E-state index in [0.717, 1.165) is 19.5 Å². The highest BCUT2D eigenvalue weighted by atomic mass is 16.2. The number of rotatable bonds is 3. The van der Waals surface area contributed by atoms with Crippen molar-refractivity contribution in [3.8, 4) is 0 Å². The highest BCUT2D eigenvalue weighted by molar-refractivity contribution is 5.84. The number of fused-ring (bicyclic) bond motifs is 1. The molecule has 0 saturated carbocycles. The number of amides is 2. The van der Waals surface area contributed by atoms with Gasteiger partial charge in [-0.05, 0) is 23.5 Å². The van der Waals surface area contributed by atoms with E-state index in [4.69, 9.17) is 0 Å². The minimum Gasteiger partial charge on any atom is -0.354 e. The van der Waals surface area contributed by atoms with E-state index in [-0.39, 0.29) is 23.8 Å². The van der Waals surface area contributed by atoms with E-state index in [1.807, 2.05) is 4.90 Å². The van der Waals surface area contributed by atoms with Crippen molar-refractivity contribution in [2.24, 2.45) is 5.92 Å². The Morgan fingerprint density at radius 1 is 1.08 bits per heavy atom. The molecule has 0 aliphatic carbocycles. The summed E-state index contributed by atoms with van der Waals surface area (Å²) in [7, 11) is 0. The molecule has 5 nitrogen and oxygen atoms in total. The van der Waals surface area contributed by atoms with Crippen LogP contribution in [0, 0.1) is 5.92 Å². The van der Waals surface area contributed by atoms with Gasteiger partial charge in [-0.1, -0.05) is 38.1 Å². The Morgan fingerprint density at radius 3 is 2.58 bits per heavy atom. The predicted octanol–water partition coefficient (Wildman–Crippen LogP) is 1.42. The number of carbonyl (C=O) groups excluding carboxylic acids is 2. The summed E-state index contributed by atoms with van der Waals surface area (Å²) in [4.78, 5) is 28.9. The molecule has 0 bridgehead atoms. The first kappa shape index (κ1) is 17.0. The van der Waals surface area contributed by atoms with Gasteiger partial charge in [0.05, 0.1) is 6.04 Å². The van der Waals surface area contributed by atoms with Crippen LogP contribution < -0.4 is 5.32 Å². The van der Waals surface area contributed by atoms with E-state index in [1.54, 1.807) is 0 Å². The maximum Gasteiger partial charge on any atom is 0.240 e. The third kappa shape index (κ3) is 3.61. The number of hydrogen-bond donors (Lipinski definition) is 1. The van der Waals surface area contributed by atoms with Crippen LogP contribution in [0.2, 0.25) is 0 Å². The molecular formula is C19H27N3O2. The highest BCUT2D eigenvalue weighted by Gasteiger charge is 2.34. The second-order valence-electron chi connectivity index (χ2n) is 7.10. The van der Waals surface area contributed by atoms with Gasteiger partial charge in [-0.15, -0.1) is 0 Å². The highest BCUT2D eigenvalue weighted by Crippen LogP contribution is 2.24. The van der Waals surface area contributed by atoms with E-state index < -0.39 is 0 Å². The van der Waals surface area contributed by atoms with Crippen LogP contribution in [0.15, 0.2) is 24.3 Å². The zero-order chi connectivity index (χ0) is 17.1. The Bertz CT molecular complexity index is 614. The van der Waals surface area contributed by atoms with Crippen molar-refractivity contribution in [3.63, 3.8) is 0 Å². The molecule has 2 aliphatic heterocycles. The number of benzene rings is 1. The minimum absolute atomic E-state index is 0.0401. The molecule has 1 unspecified atom stereocenters. The molecule has 0 spiro atoms. The van der Waals surface area contributed by atoms with Gasteiger partial charge in [0.15, 0.2) is 0 Å². The van der Waals surface area contributed by atoms with Crippen LogP contribution in [-0.2, 0) is 22.6 Å². The summed E-state index contributed by atoms with van der Waals surface area (Å²) in [5.74, 6) is 0.453. The average molecular weight is 329 g/mol. The molecule has 1 aromatic carbocycles. The van der Waals surface area contributed by atoms with Crippen LogP contribution >= 0.6 is 0 Å². The molecular weight excluding hydrogens is 302 g/mol. The lowest BCUT2D eigenvalue weighted by Gasteiger charge is -2.39. The fraction of sp³-hybridized carbons (Fsp3) is 0.579. The number of carbonyl (C=O) groups is 2. The van der Waals surface area contributed by atoms with Gasteiger partial charge >= 0.3 is 0 Å². The third-order valence-corrected chi connectivity index (χ3v) is 5.06. The molecule has 0 aromatic heterocycles. The Kier molecular flexibility index (Phi) is 5.19. The summed E-state index contributed by atoms with van der Waals surface area (Å²) < 4.78 is 0. The Morgan fingerprint density at radius 2 is 1.83 bits per heavy atom. The minimum atomic E-state index is -0.119. The molecule has 1 fully saturated rings. The molecule has 1 aromatic rings. The van der Waals surface area contributed by atoms with Gasteiger partial charge in [-0.2, -0.15) is 0 Å². The zero-order valence-corrected chi connectivity index (χ0v) is 14.6. The Hall–Kier alpha value is -1.88. The van der Waals surface area contributed by atoms with Crippen molar-refractivity contribution >= 4 is 11.8 Å². The molecule has 2 amide bonds. The average Bonchev–Trinajstić information content (AvgIpc) is 2.79. The Labute approximate surface area is 144 Å². The smallest absolute Gasteiger partial charge is 0.240 e. The molecule has 1 saturated heterocycles. The van der Waals surface area contributed by atoms with E-state index in [0.29, 0.717) is 26.1 Å². The van der Waals surface area contributed by atoms with Crippen molar-refractivity contribution in [1.29, 1.82) is 0 Å². The first-order valence-corrected chi connectivity index (χ1v) is 8.92. The molecule has 3 rings (SSSR count). The SMILES string of the molecule is CC(C)C(C(=O)N1CCNC(=O)CC1)N1CCc2ccccc2C1. The van der Waals surface area contributed by atoms with Crippen LogP contribution in [-0.4, -0.2) is 53.8 Å². The van der Waals surface area contributed by atoms with E-state index in [2.05, 4.69) is 48.3 Å². The van der Waals surface area contributed by atoms with Gasteiger partial charge in [-0.25, -0.2) is 0 Å². The van der Waals surface area contributed by atoms with Crippen LogP contribution in [0.4, 0.5) is 0 Å². The van der Waals surface area contributed by atoms with Crippen LogP contribution in [0.1, 0.15) is 31.4 Å².